The first-order valence-corrected chi connectivity index (χ1v) is 8.12. The predicted octanol–water partition coefficient (Wildman–Crippen LogP) is 2.56. The van der Waals surface area contributed by atoms with Crippen molar-refractivity contribution in [1.82, 2.24) is 4.31 Å². The van der Waals surface area contributed by atoms with E-state index in [0.29, 0.717) is 17.4 Å². The molecule has 1 saturated carbocycles. The van der Waals surface area contributed by atoms with Crippen LogP contribution in [0, 0.1) is 12.8 Å². The number of rotatable bonds is 3. The predicted molar refractivity (Wildman–Crippen MR) is 70.8 cm³/mol. The van der Waals surface area contributed by atoms with Crippen LogP contribution in [-0.4, -0.2) is 25.3 Å². The minimum Gasteiger partial charge on any atom is -0.207 e. The number of benzene rings is 1. The lowest BCUT2D eigenvalue weighted by Crippen LogP contribution is -2.37. The zero-order valence-electron chi connectivity index (χ0n) is 10.7. The molecule has 1 aromatic rings. The Hall–Kier alpha value is -0.870. The van der Waals surface area contributed by atoms with Crippen molar-refractivity contribution < 1.29 is 8.42 Å². The van der Waals surface area contributed by atoms with Crippen LogP contribution in [0.3, 0.4) is 0 Å². The second-order valence-electron chi connectivity index (χ2n) is 5.43. The van der Waals surface area contributed by atoms with E-state index in [2.05, 4.69) is 0 Å². The molecule has 98 valence electrons. The first kappa shape index (κ1) is 12.2. The highest BCUT2D eigenvalue weighted by molar-refractivity contribution is 7.89. The lowest BCUT2D eigenvalue weighted by atomic mass is 10.1. The average molecular weight is 265 g/mol. The second-order valence-corrected chi connectivity index (χ2v) is 7.29. The van der Waals surface area contributed by atoms with Crippen LogP contribution in [0.15, 0.2) is 29.2 Å². The van der Waals surface area contributed by atoms with Gasteiger partial charge in [-0.25, -0.2) is 8.42 Å². The Morgan fingerprint density at radius 1 is 1.17 bits per heavy atom. The van der Waals surface area contributed by atoms with Gasteiger partial charge in [-0.2, -0.15) is 4.31 Å². The standard InChI is InChI=1S/C14H19NO2S/c1-11-5-2-3-7-14(11)18(16,17)15-10-4-6-13(15)12-8-9-12/h2-3,5,7,12-13H,4,6,8-10H2,1H3. The topological polar surface area (TPSA) is 37.4 Å². The highest BCUT2D eigenvalue weighted by atomic mass is 32.2. The quantitative estimate of drug-likeness (QED) is 0.842. The normalized spacial score (nSPS) is 25.5. The summed E-state index contributed by atoms with van der Waals surface area (Å²) in [6.45, 7) is 2.56. The van der Waals surface area contributed by atoms with Crippen molar-refractivity contribution in [3.8, 4) is 0 Å². The molecule has 0 radical (unpaired) electrons. The molecule has 1 unspecified atom stereocenters. The Morgan fingerprint density at radius 2 is 1.89 bits per heavy atom. The largest absolute Gasteiger partial charge is 0.243 e. The van der Waals surface area contributed by atoms with E-state index < -0.39 is 10.0 Å². The van der Waals surface area contributed by atoms with Crippen molar-refractivity contribution in [2.24, 2.45) is 5.92 Å². The zero-order chi connectivity index (χ0) is 12.8. The minimum atomic E-state index is -3.29. The van der Waals surface area contributed by atoms with Crippen LogP contribution < -0.4 is 0 Å². The Balaban J connectivity index is 1.97. The Kier molecular flexibility index (Phi) is 2.94. The summed E-state index contributed by atoms with van der Waals surface area (Å²) >= 11 is 0. The lowest BCUT2D eigenvalue weighted by molar-refractivity contribution is 0.356. The van der Waals surface area contributed by atoms with Crippen molar-refractivity contribution in [2.75, 3.05) is 6.54 Å². The number of hydrogen-bond acceptors (Lipinski definition) is 2. The van der Waals surface area contributed by atoms with E-state index in [4.69, 9.17) is 0 Å². The molecule has 0 N–H and O–H groups in total. The molecule has 4 heteroatoms. The van der Waals surface area contributed by atoms with Crippen molar-refractivity contribution in [1.29, 1.82) is 0 Å². The molecular formula is C14H19NO2S. The van der Waals surface area contributed by atoms with Gasteiger partial charge in [0, 0.05) is 12.6 Å². The fourth-order valence-corrected chi connectivity index (χ4v) is 4.97. The molecule has 0 amide bonds. The van der Waals surface area contributed by atoms with Gasteiger partial charge >= 0.3 is 0 Å². The SMILES string of the molecule is Cc1ccccc1S(=O)(=O)N1CCCC1C1CC1. The van der Waals surface area contributed by atoms with Crippen LogP contribution in [0.25, 0.3) is 0 Å². The summed E-state index contributed by atoms with van der Waals surface area (Å²) in [4.78, 5) is 0.484. The first-order chi connectivity index (χ1) is 8.60. The summed E-state index contributed by atoms with van der Waals surface area (Å²) < 4.78 is 27.2. The summed E-state index contributed by atoms with van der Waals surface area (Å²) in [5.41, 5.74) is 0.846. The van der Waals surface area contributed by atoms with E-state index >= 15 is 0 Å². The molecule has 3 nitrogen and oxygen atoms in total. The van der Waals surface area contributed by atoms with E-state index in [9.17, 15) is 8.42 Å². The van der Waals surface area contributed by atoms with Crippen molar-refractivity contribution in [2.45, 2.75) is 43.5 Å². The van der Waals surface area contributed by atoms with E-state index in [1.54, 1.807) is 10.4 Å². The van der Waals surface area contributed by atoms with Crippen molar-refractivity contribution in [3.05, 3.63) is 29.8 Å². The van der Waals surface area contributed by atoms with Gasteiger partial charge in [-0.05, 0) is 50.2 Å². The molecule has 0 aromatic heterocycles. The van der Waals surface area contributed by atoms with Gasteiger partial charge in [0.15, 0.2) is 0 Å². The molecule has 2 fully saturated rings. The minimum absolute atomic E-state index is 0.259. The van der Waals surface area contributed by atoms with Gasteiger partial charge < -0.3 is 0 Å². The zero-order valence-corrected chi connectivity index (χ0v) is 11.5. The van der Waals surface area contributed by atoms with E-state index in [-0.39, 0.29) is 6.04 Å². The highest BCUT2D eigenvalue weighted by Gasteiger charge is 2.43. The smallest absolute Gasteiger partial charge is 0.207 e. The number of nitrogens with zero attached hydrogens (tertiary/aromatic N) is 1. The fraction of sp³-hybridized carbons (Fsp3) is 0.571. The maximum absolute atomic E-state index is 12.7. The summed E-state index contributed by atoms with van der Waals surface area (Å²) in [5, 5.41) is 0. The lowest BCUT2D eigenvalue weighted by Gasteiger charge is -2.24. The summed E-state index contributed by atoms with van der Waals surface area (Å²) in [5.74, 6) is 0.617. The van der Waals surface area contributed by atoms with Crippen LogP contribution in [0.1, 0.15) is 31.2 Å². The van der Waals surface area contributed by atoms with Gasteiger partial charge in [0.25, 0.3) is 0 Å². The van der Waals surface area contributed by atoms with Crippen LogP contribution >= 0.6 is 0 Å². The number of hydrogen-bond donors (Lipinski definition) is 0. The van der Waals surface area contributed by atoms with E-state index in [1.807, 2.05) is 25.1 Å². The van der Waals surface area contributed by atoms with Gasteiger partial charge in [-0.1, -0.05) is 18.2 Å². The van der Waals surface area contributed by atoms with E-state index in [1.165, 1.54) is 12.8 Å². The van der Waals surface area contributed by atoms with Gasteiger partial charge in [-0.3, -0.25) is 0 Å². The molecule has 18 heavy (non-hydrogen) atoms. The third-order valence-electron chi connectivity index (χ3n) is 4.09. The summed E-state index contributed by atoms with van der Waals surface area (Å²) in [6.07, 6.45) is 4.44. The third-order valence-corrected chi connectivity index (χ3v) is 6.18. The summed E-state index contributed by atoms with van der Waals surface area (Å²) in [6, 6.07) is 7.55. The van der Waals surface area contributed by atoms with Crippen molar-refractivity contribution >= 4 is 10.0 Å². The van der Waals surface area contributed by atoms with Crippen LogP contribution in [-0.2, 0) is 10.0 Å². The molecule has 3 rings (SSSR count). The molecule has 1 saturated heterocycles. The molecular weight excluding hydrogens is 246 g/mol. The van der Waals surface area contributed by atoms with Gasteiger partial charge in [0.2, 0.25) is 10.0 Å². The molecule has 1 heterocycles. The van der Waals surface area contributed by atoms with Gasteiger partial charge in [0.1, 0.15) is 0 Å². The molecule has 0 bridgehead atoms. The molecule has 1 atom stereocenters. The average Bonchev–Trinajstić information content (AvgIpc) is 3.06. The number of aryl methyl sites for hydroxylation is 1. The maximum Gasteiger partial charge on any atom is 0.243 e. The van der Waals surface area contributed by atoms with Crippen LogP contribution in [0.5, 0.6) is 0 Å². The summed E-state index contributed by atoms with van der Waals surface area (Å²) in [7, 11) is -3.29. The Labute approximate surface area is 109 Å². The second kappa shape index (κ2) is 4.35. The van der Waals surface area contributed by atoms with Crippen molar-refractivity contribution in [3.63, 3.8) is 0 Å². The molecule has 0 spiro atoms. The maximum atomic E-state index is 12.7. The highest BCUT2D eigenvalue weighted by Crippen LogP contribution is 2.42. The van der Waals surface area contributed by atoms with Gasteiger partial charge in [0.05, 0.1) is 4.90 Å². The molecule has 1 aromatic carbocycles. The van der Waals surface area contributed by atoms with E-state index in [0.717, 1.165) is 18.4 Å². The van der Waals surface area contributed by atoms with Crippen LogP contribution in [0.2, 0.25) is 0 Å². The van der Waals surface area contributed by atoms with Crippen LogP contribution in [0.4, 0.5) is 0 Å². The Bertz CT molecular complexity index is 549. The third kappa shape index (κ3) is 1.97. The fourth-order valence-electron chi connectivity index (χ4n) is 2.99. The monoisotopic (exact) mass is 265 g/mol. The molecule has 2 aliphatic rings. The first-order valence-electron chi connectivity index (χ1n) is 6.68. The number of sulfonamides is 1. The molecule has 1 aliphatic heterocycles. The Morgan fingerprint density at radius 3 is 2.56 bits per heavy atom. The van der Waals surface area contributed by atoms with Gasteiger partial charge in [-0.15, -0.1) is 0 Å². The molecule has 1 aliphatic carbocycles.